The highest BCUT2D eigenvalue weighted by atomic mass is 35.5. The van der Waals surface area contributed by atoms with Crippen molar-refractivity contribution in [3.63, 3.8) is 0 Å². The Morgan fingerprint density at radius 3 is 2.09 bits per heavy atom. The van der Waals surface area contributed by atoms with E-state index in [1.807, 2.05) is 52.0 Å². The Bertz CT molecular complexity index is 1070. The second-order valence-electron chi connectivity index (χ2n) is 8.50. The first kappa shape index (κ1) is 27.7. The van der Waals surface area contributed by atoms with Crippen molar-refractivity contribution in [3.8, 4) is 0 Å². The molecule has 0 unspecified atom stereocenters. The van der Waals surface area contributed by atoms with Gasteiger partial charge in [0.2, 0.25) is 21.8 Å². The number of sulfonamides is 1. The van der Waals surface area contributed by atoms with Gasteiger partial charge in [0.25, 0.3) is 0 Å². The minimum Gasteiger partial charge on any atom is -0.352 e. The molecular formula is C25H34ClN3O4S. The van der Waals surface area contributed by atoms with E-state index in [4.69, 9.17) is 11.6 Å². The largest absolute Gasteiger partial charge is 0.352 e. The summed E-state index contributed by atoms with van der Waals surface area (Å²) >= 11 is 5.95. The maximum Gasteiger partial charge on any atom is 0.244 e. The summed E-state index contributed by atoms with van der Waals surface area (Å²) in [7, 11) is -3.77. The first-order valence-electron chi connectivity index (χ1n) is 11.3. The summed E-state index contributed by atoms with van der Waals surface area (Å²) in [6.07, 6.45) is 2.19. The molecule has 2 rings (SSSR count). The molecule has 0 aliphatic heterocycles. The van der Waals surface area contributed by atoms with Gasteiger partial charge >= 0.3 is 0 Å². The minimum atomic E-state index is -3.77. The molecule has 7 nitrogen and oxygen atoms in total. The quantitative estimate of drug-likeness (QED) is 0.495. The predicted molar refractivity (Wildman–Crippen MR) is 137 cm³/mol. The zero-order chi connectivity index (χ0) is 25.5. The Labute approximate surface area is 208 Å². The Morgan fingerprint density at radius 2 is 1.59 bits per heavy atom. The standard InChI is InChI=1S/C25H34ClN3O4S/c1-6-19(4)27-25(31)23(7-2)28(16-20-10-8-18(3)9-11-20)24(30)17-29(34(5,32)33)22-14-12-21(26)13-15-22/h8-15,19,23H,6-7,16-17H2,1-5H3,(H,27,31)/t19-,23-/m0/s1. The van der Waals surface area contributed by atoms with Gasteiger partial charge in [0, 0.05) is 17.6 Å². The first-order valence-corrected chi connectivity index (χ1v) is 13.6. The van der Waals surface area contributed by atoms with Crippen molar-refractivity contribution in [2.75, 3.05) is 17.1 Å². The zero-order valence-electron chi connectivity index (χ0n) is 20.4. The fraction of sp³-hybridized carbons (Fsp3) is 0.440. The Morgan fingerprint density at radius 1 is 1.00 bits per heavy atom. The van der Waals surface area contributed by atoms with Crippen molar-refractivity contribution in [1.29, 1.82) is 0 Å². The molecule has 186 valence electrons. The number of carbonyl (C=O) groups is 2. The monoisotopic (exact) mass is 507 g/mol. The van der Waals surface area contributed by atoms with Gasteiger partial charge in [-0.3, -0.25) is 13.9 Å². The highest BCUT2D eigenvalue weighted by molar-refractivity contribution is 7.92. The number of halogens is 1. The van der Waals surface area contributed by atoms with E-state index in [-0.39, 0.29) is 18.5 Å². The maximum atomic E-state index is 13.6. The van der Waals surface area contributed by atoms with E-state index >= 15 is 0 Å². The van der Waals surface area contributed by atoms with Gasteiger partial charge in [-0.1, -0.05) is 55.3 Å². The predicted octanol–water partition coefficient (Wildman–Crippen LogP) is 4.14. The number of amides is 2. The van der Waals surface area contributed by atoms with Crippen LogP contribution in [-0.4, -0.2) is 50.0 Å². The van der Waals surface area contributed by atoms with Crippen LogP contribution in [0.3, 0.4) is 0 Å². The molecule has 2 atom stereocenters. The van der Waals surface area contributed by atoms with Crippen LogP contribution in [0.15, 0.2) is 48.5 Å². The van der Waals surface area contributed by atoms with Gasteiger partial charge in [-0.25, -0.2) is 8.42 Å². The molecule has 1 N–H and O–H groups in total. The summed E-state index contributed by atoms with van der Waals surface area (Å²) in [6.45, 7) is 7.43. The van der Waals surface area contributed by atoms with Gasteiger partial charge in [0.15, 0.2) is 0 Å². The normalized spacial score (nSPS) is 13.1. The molecule has 34 heavy (non-hydrogen) atoms. The SMILES string of the molecule is CC[C@H](C)NC(=O)[C@H](CC)N(Cc1ccc(C)cc1)C(=O)CN(c1ccc(Cl)cc1)S(C)(=O)=O. The lowest BCUT2D eigenvalue weighted by Gasteiger charge is -2.33. The second-order valence-corrected chi connectivity index (χ2v) is 10.8. The van der Waals surface area contributed by atoms with Crippen LogP contribution in [0.5, 0.6) is 0 Å². The number of nitrogens with one attached hydrogen (secondary N) is 1. The highest BCUT2D eigenvalue weighted by Gasteiger charge is 2.32. The van der Waals surface area contributed by atoms with Crippen LogP contribution in [0.25, 0.3) is 0 Å². The molecule has 0 aromatic heterocycles. The lowest BCUT2D eigenvalue weighted by atomic mass is 10.1. The van der Waals surface area contributed by atoms with Gasteiger partial charge in [0.05, 0.1) is 11.9 Å². The number of nitrogens with zero attached hydrogens (tertiary/aromatic N) is 2. The fourth-order valence-electron chi connectivity index (χ4n) is 3.47. The molecule has 2 aromatic rings. The van der Waals surface area contributed by atoms with Crippen molar-refractivity contribution in [1.82, 2.24) is 10.2 Å². The van der Waals surface area contributed by atoms with E-state index < -0.39 is 28.5 Å². The van der Waals surface area contributed by atoms with E-state index in [1.54, 1.807) is 24.3 Å². The van der Waals surface area contributed by atoms with E-state index in [0.29, 0.717) is 17.1 Å². The van der Waals surface area contributed by atoms with E-state index in [0.717, 1.165) is 28.1 Å². The summed E-state index contributed by atoms with van der Waals surface area (Å²) in [6, 6.07) is 13.1. The van der Waals surface area contributed by atoms with Crippen molar-refractivity contribution < 1.29 is 18.0 Å². The third-order valence-corrected chi connectivity index (χ3v) is 7.05. The van der Waals surface area contributed by atoms with Crippen LogP contribution in [0.1, 0.15) is 44.7 Å². The Balaban J connectivity index is 2.41. The van der Waals surface area contributed by atoms with Crippen molar-refractivity contribution in [2.45, 2.75) is 59.2 Å². The molecule has 0 saturated heterocycles. The number of hydrogen-bond donors (Lipinski definition) is 1. The smallest absolute Gasteiger partial charge is 0.244 e. The van der Waals surface area contributed by atoms with Gasteiger partial charge in [0.1, 0.15) is 12.6 Å². The maximum absolute atomic E-state index is 13.6. The minimum absolute atomic E-state index is 0.0422. The average molecular weight is 508 g/mol. The summed E-state index contributed by atoms with van der Waals surface area (Å²) in [5, 5.41) is 3.41. The van der Waals surface area contributed by atoms with Crippen LogP contribution in [-0.2, 0) is 26.2 Å². The van der Waals surface area contributed by atoms with E-state index in [9.17, 15) is 18.0 Å². The third-order valence-electron chi connectivity index (χ3n) is 5.65. The molecule has 0 bridgehead atoms. The number of carbonyl (C=O) groups excluding carboxylic acids is 2. The molecule has 0 saturated carbocycles. The molecule has 0 aliphatic carbocycles. The number of anilines is 1. The summed E-state index contributed by atoms with van der Waals surface area (Å²) < 4.78 is 26.2. The van der Waals surface area contributed by atoms with E-state index in [2.05, 4.69) is 5.32 Å². The Hall–Kier alpha value is -2.58. The third kappa shape index (κ3) is 7.74. The summed E-state index contributed by atoms with van der Waals surface area (Å²) in [5.74, 6) is -0.721. The topological polar surface area (TPSA) is 86.8 Å². The lowest BCUT2D eigenvalue weighted by Crippen LogP contribution is -2.53. The van der Waals surface area contributed by atoms with Crippen molar-refractivity contribution >= 4 is 39.1 Å². The molecule has 0 radical (unpaired) electrons. The summed E-state index contributed by atoms with van der Waals surface area (Å²) in [4.78, 5) is 28.1. The number of aryl methyl sites for hydroxylation is 1. The highest BCUT2D eigenvalue weighted by Crippen LogP contribution is 2.22. The molecule has 0 aliphatic rings. The fourth-order valence-corrected chi connectivity index (χ4v) is 4.45. The van der Waals surface area contributed by atoms with Crippen LogP contribution in [0, 0.1) is 6.92 Å². The van der Waals surface area contributed by atoms with Crippen LogP contribution in [0.4, 0.5) is 5.69 Å². The van der Waals surface area contributed by atoms with Crippen molar-refractivity contribution in [2.24, 2.45) is 0 Å². The number of rotatable bonds is 11. The molecule has 2 aromatic carbocycles. The van der Waals surface area contributed by atoms with Crippen molar-refractivity contribution in [3.05, 3.63) is 64.7 Å². The molecule has 2 amide bonds. The molecular weight excluding hydrogens is 474 g/mol. The van der Waals surface area contributed by atoms with Crippen LogP contribution in [0.2, 0.25) is 5.02 Å². The molecule has 0 heterocycles. The molecule has 9 heteroatoms. The second kappa shape index (κ2) is 12.2. The van der Waals surface area contributed by atoms with Gasteiger partial charge < -0.3 is 10.2 Å². The summed E-state index contributed by atoms with van der Waals surface area (Å²) in [5.41, 5.74) is 2.26. The van der Waals surface area contributed by atoms with Crippen LogP contribution < -0.4 is 9.62 Å². The molecule has 0 fully saturated rings. The average Bonchev–Trinajstić information content (AvgIpc) is 2.78. The molecule has 0 spiro atoms. The van der Waals surface area contributed by atoms with E-state index in [1.165, 1.54) is 4.90 Å². The van der Waals surface area contributed by atoms with Gasteiger partial charge in [-0.05, 0) is 56.5 Å². The van der Waals surface area contributed by atoms with Crippen LogP contribution >= 0.6 is 11.6 Å². The number of hydrogen-bond acceptors (Lipinski definition) is 4. The number of benzene rings is 2. The van der Waals surface area contributed by atoms with Gasteiger partial charge in [-0.2, -0.15) is 0 Å². The van der Waals surface area contributed by atoms with Gasteiger partial charge in [-0.15, -0.1) is 0 Å². The lowest BCUT2D eigenvalue weighted by molar-refractivity contribution is -0.140. The first-order chi connectivity index (χ1) is 16.0. The Kier molecular flexibility index (Phi) is 9.94. The zero-order valence-corrected chi connectivity index (χ0v) is 22.0.